The number of carbonyl (C=O) groups excluding carboxylic acids is 1. The highest BCUT2D eigenvalue weighted by Crippen LogP contribution is 2.03. The monoisotopic (exact) mass is 263 g/mol. The van der Waals surface area contributed by atoms with E-state index in [1.54, 1.807) is 0 Å². The number of carbonyl (C=O) groups is 1. The average Bonchev–Trinajstić information content (AvgIpc) is 2.32. The van der Waals surface area contributed by atoms with Gasteiger partial charge in [0.2, 0.25) is 0 Å². The van der Waals surface area contributed by atoms with Crippen molar-refractivity contribution >= 4 is 5.97 Å². The van der Waals surface area contributed by atoms with Gasteiger partial charge in [-0.1, -0.05) is 43.7 Å². The number of benzene rings is 1. The Labute approximate surface area is 116 Å². The Balaban J connectivity index is 2.04. The van der Waals surface area contributed by atoms with Crippen molar-refractivity contribution in [2.45, 2.75) is 40.2 Å². The molecule has 1 N–H and O–H groups in total. The first kappa shape index (κ1) is 15.7. The summed E-state index contributed by atoms with van der Waals surface area (Å²) in [6, 6.07) is 8.45. The van der Waals surface area contributed by atoms with E-state index in [9.17, 15) is 4.79 Å². The van der Waals surface area contributed by atoms with Gasteiger partial charge in [-0.2, -0.15) is 0 Å². The predicted molar refractivity (Wildman–Crippen MR) is 77.9 cm³/mol. The smallest absolute Gasteiger partial charge is 0.306 e. The molecule has 106 valence electrons. The van der Waals surface area contributed by atoms with Gasteiger partial charge in [-0.05, 0) is 31.4 Å². The molecule has 1 rings (SSSR count). The Morgan fingerprint density at radius 1 is 1.37 bits per heavy atom. The second kappa shape index (κ2) is 8.70. The lowest BCUT2D eigenvalue weighted by Gasteiger charge is -2.08. The molecule has 0 aliphatic rings. The molecule has 3 nitrogen and oxygen atoms in total. The lowest BCUT2D eigenvalue weighted by atomic mass is 10.1. The molecule has 0 fully saturated rings. The minimum atomic E-state index is -0.0892. The van der Waals surface area contributed by atoms with Crippen LogP contribution in [-0.2, 0) is 16.1 Å². The molecule has 0 unspecified atom stereocenters. The van der Waals surface area contributed by atoms with E-state index in [4.69, 9.17) is 4.74 Å². The van der Waals surface area contributed by atoms with Gasteiger partial charge in [0.05, 0.1) is 6.61 Å². The van der Waals surface area contributed by atoms with Gasteiger partial charge in [0.1, 0.15) is 0 Å². The largest absolute Gasteiger partial charge is 0.466 e. The van der Waals surface area contributed by atoms with E-state index in [-0.39, 0.29) is 5.97 Å². The number of hydrogen-bond donors (Lipinski definition) is 1. The van der Waals surface area contributed by atoms with Crippen molar-refractivity contribution in [3.63, 3.8) is 0 Å². The van der Waals surface area contributed by atoms with Crippen molar-refractivity contribution in [3.8, 4) is 0 Å². The van der Waals surface area contributed by atoms with Crippen LogP contribution in [0.4, 0.5) is 0 Å². The highest BCUT2D eigenvalue weighted by Gasteiger charge is 2.05. The number of rotatable bonds is 8. The van der Waals surface area contributed by atoms with Gasteiger partial charge in [0.15, 0.2) is 0 Å². The zero-order chi connectivity index (χ0) is 14.1. The van der Waals surface area contributed by atoms with Gasteiger partial charge < -0.3 is 10.1 Å². The van der Waals surface area contributed by atoms with Crippen LogP contribution in [0.15, 0.2) is 24.3 Å². The lowest BCUT2D eigenvalue weighted by Crippen LogP contribution is -2.17. The summed E-state index contributed by atoms with van der Waals surface area (Å²) < 4.78 is 5.15. The fourth-order valence-corrected chi connectivity index (χ4v) is 1.83. The predicted octanol–water partition coefficient (Wildman–Crippen LogP) is 3.06. The maximum absolute atomic E-state index is 11.3. The van der Waals surface area contributed by atoms with Gasteiger partial charge in [0.25, 0.3) is 0 Å². The Bertz CT molecular complexity index is 388. The molecule has 0 radical (unpaired) electrons. The summed E-state index contributed by atoms with van der Waals surface area (Å²) in [4.78, 5) is 11.3. The molecule has 0 saturated carbocycles. The molecule has 0 aliphatic heterocycles. The molecule has 0 saturated heterocycles. The van der Waals surface area contributed by atoms with Crippen LogP contribution in [0.3, 0.4) is 0 Å². The van der Waals surface area contributed by atoms with E-state index in [0.717, 1.165) is 19.5 Å². The zero-order valence-corrected chi connectivity index (χ0v) is 12.2. The second-order valence-corrected chi connectivity index (χ2v) is 5.34. The van der Waals surface area contributed by atoms with Crippen molar-refractivity contribution in [1.29, 1.82) is 0 Å². The third kappa shape index (κ3) is 7.62. The minimum absolute atomic E-state index is 0.0892. The van der Waals surface area contributed by atoms with E-state index in [0.29, 0.717) is 18.9 Å². The summed E-state index contributed by atoms with van der Waals surface area (Å²) in [5, 5.41) is 3.35. The van der Waals surface area contributed by atoms with Crippen LogP contribution < -0.4 is 5.32 Å². The van der Waals surface area contributed by atoms with Crippen LogP contribution in [0.25, 0.3) is 0 Å². The first-order valence-corrected chi connectivity index (χ1v) is 7.00. The highest BCUT2D eigenvalue weighted by atomic mass is 16.5. The fraction of sp³-hybridized carbons (Fsp3) is 0.562. The van der Waals surface area contributed by atoms with Crippen molar-refractivity contribution in [2.75, 3.05) is 13.2 Å². The molecule has 0 aliphatic carbocycles. The SMILES string of the molecule is Cc1cccc(CNCCCOC(=O)CC(C)C)c1. The van der Waals surface area contributed by atoms with Crippen molar-refractivity contribution in [1.82, 2.24) is 5.32 Å². The molecule has 0 heterocycles. The van der Waals surface area contributed by atoms with Crippen LogP contribution in [0.5, 0.6) is 0 Å². The molecule has 0 spiro atoms. The topological polar surface area (TPSA) is 38.3 Å². The average molecular weight is 263 g/mol. The molecule has 0 aromatic heterocycles. The number of esters is 1. The van der Waals surface area contributed by atoms with E-state index in [1.165, 1.54) is 11.1 Å². The molecule has 1 aromatic carbocycles. The summed E-state index contributed by atoms with van der Waals surface area (Å²) in [7, 11) is 0. The first-order valence-electron chi connectivity index (χ1n) is 7.00. The third-order valence-corrected chi connectivity index (χ3v) is 2.75. The molecule has 3 heteroatoms. The van der Waals surface area contributed by atoms with Crippen LogP contribution in [0, 0.1) is 12.8 Å². The van der Waals surface area contributed by atoms with Crippen molar-refractivity contribution in [3.05, 3.63) is 35.4 Å². The minimum Gasteiger partial charge on any atom is -0.466 e. The molecule has 0 bridgehead atoms. The normalized spacial score (nSPS) is 10.7. The van der Waals surface area contributed by atoms with Crippen LogP contribution in [-0.4, -0.2) is 19.1 Å². The Morgan fingerprint density at radius 3 is 2.84 bits per heavy atom. The van der Waals surface area contributed by atoms with Gasteiger partial charge in [-0.25, -0.2) is 0 Å². The molecule has 19 heavy (non-hydrogen) atoms. The van der Waals surface area contributed by atoms with E-state index in [2.05, 4.69) is 36.5 Å². The van der Waals surface area contributed by atoms with E-state index in [1.807, 2.05) is 13.8 Å². The summed E-state index contributed by atoms with van der Waals surface area (Å²) in [5.41, 5.74) is 2.57. The van der Waals surface area contributed by atoms with Crippen molar-refractivity contribution < 1.29 is 9.53 Å². The van der Waals surface area contributed by atoms with Crippen molar-refractivity contribution in [2.24, 2.45) is 5.92 Å². The number of hydrogen-bond acceptors (Lipinski definition) is 3. The molecular weight excluding hydrogens is 238 g/mol. The summed E-state index contributed by atoms with van der Waals surface area (Å²) >= 11 is 0. The second-order valence-electron chi connectivity index (χ2n) is 5.34. The number of ether oxygens (including phenoxy) is 1. The zero-order valence-electron chi connectivity index (χ0n) is 12.2. The fourth-order valence-electron chi connectivity index (χ4n) is 1.83. The van der Waals surface area contributed by atoms with Crippen LogP contribution >= 0.6 is 0 Å². The summed E-state index contributed by atoms with van der Waals surface area (Å²) in [6.45, 7) is 8.36. The van der Waals surface area contributed by atoms with Gasteiger partial charge >= 0.3 is 5.97 Å². The summed E-state index contributed by atoms with van der Waals surface area (Å²) in [5.74, 6) is 0.278. The molecule has 0 amide bonds. The van der Waals surface area contributed by atoms with Crippen LogP contribution in [0.2, 0.25) is 0 Å². The van der Waals surface area contributed by atoms with Gasteiger partial charge in [-0.15, -0.1) is 0 Å². The number of aryl methyl sites for hydroxylation is 1. The lowest BCUT2D eigenvalue weighted by molar-refractivity contribution is -0.144. The standard InChI is InChI=1S/C16H25NO2/c1-13(2)10-16(18)19-9-5-8-17-12-15-7-4-6-14(3)11-15/h4,6-7,11,13,17H,5,8-10,12H2,1-3H3. The molecule has 0 atom stereocenters. The highest BCUT2D eigenvalue weighted by molar-refractivity contribution is 5.69. The Kier molecular flexibility index (Phi) is 7.19. The molecular formula is C16H25NO2. The summed E-state index contributed by atoms with van der Waals surface area (Å²) in [6.07, 6.45) is 1.37. The third-order valence-electron chi connectivity index (χ3n) is 2.75. The van der Waals surface area contributed by atoms with E-state index < -0.39 is 0 Å². The maximum atomic E-state index is 11.3. The Morgan fingerprint density at radius 2 is 2.16 bits per heavy atom. The number of nitrogens with one attached hydrogen (secondary N) is 1. The molecule has 1 aromatic rings. The Hall–Kier alpha value is -1.35. The van der Waals surface area contributed by atoms with Gasteiger partial charge in [-0.3, -0.25) is 4.79 Å². The van der Waals surface area contributed by atoms with Gasteiger partial charge in [0, 0.05) is 13.0 Å². The van der Waals surface area contributed by atoms with E-state index >= 15 is 0 Å². The maximum Gasteiger partial charge on any atom is 0.306 e. The quantitative estimate of drug-likeness (QED) is 0.578. The first-order chi connectivity index (χ1) is 9.08. The van der Waals surface area contributed by atoms with Crippen LogP contribution in [0.1, 0.15) is 37.8 Å².